The lowest BCUT2D eigenvalue weighted by Gasteiger charge is -2.04. The molecule has 0 aliphatic heterocycles. The van der Waals surface area contributed by atoms with Crippen molar-refractivity contribution in [2.24, 2.45) is 4.99 Å². The SMILES string of the molecule is C=CNC(=NC)C1=CCCC1. The molecule has 0 heterocycles. The van der Waals surface area contributed by atoms with Gasteiger partial charge in [-0.25, -0.2) is 0 Å². The van der Waals surface area contributed by atoms with Crippen molar-refractivity contribution in [3.05, 3.63) is 24.4 Å². The van der Waals surface area contributed by atoms with Gasteiger partial charge in [-0.1, -0.05) is 12.7 Å². The van der Waals surface area contributed by atoms with Crippen LogP contribution in [0.3, 0.4) is 0 Å². The Labute approximate surface area is 67.7 Å². The van der Waals surface area contributed by atoms with Gasteiger partial charge in [-0.2, -0.15) is 0 Å². The first kappa shape index (κ1) is 8.05. The van der Waals surface area contributed by atoms with E-state index < -0.39 is 0 Å². The van der Waals surface area contributed by atoms with E-state index in [0.717, 1.165) is 12.3 Å². The van der Waals surface area contributed by atoms with Gasteiger partial charge in [-0.15, -0.1) is 0 Å². The summed E-state index contributed by atoms with van der Waals surface area (Å²) in [4.78, 5) is 4.13. The first-order chi connectivity index (χ1) is 5.38. The van der Waals surface area contributed by atoms with E-state index in [1.807, 2.05) is 0 Å². The number of allylic oxidation sites excluding steroid dienone is 1. The summed E-state index contributed by atoms with van der Waals surface area (Å²) in [6, 6.07) is 0. The molecule has 0 aromatic carbocycles. The van der Waals surface area contributed by atoms with Crippen LogP contribution in [-0.2, 0) is 0 Å². The number of hydrogen-bond acceptors (Lipinski definition) is 1. The van der Waals surface area contributed by atoms with Gasteiger partial charge in [0.1, 0.15) is 5.84 Å². The van der Waals surface area contributed by atoms with Gasteiger partial charge < -0.3 is 5.32 Å². The minimum atomic E-state index is 0.970. The van der Waals surface area contributed by atoms with E-state index in [-0.39, 0.29) is 0 Å². The molecule has 1 aliphatic rings. The highest BCUT2D eigenvalue weighted by Gasteiger charge is 2.08. The van der Waals surface area contributed by atoms with Crippen LogP contribution < -0.4 is 5.32 Å². The van der Waals surface area contributed by atoms with Gasteiger partial charge in [-0.05, 0) is 31.0 Å². The second kappa shape index (κ2) is 3.96. The van der Waals surface area contributed by atoms with Crippen LogP contribution in [0.1, 0.15) is 19.3 Å². The predicted octanol–water partition coefficient (Wildman–Crippen LogP) is 1.86. The van der Waals surface area contributed by atoms with Gasteiger partial charge in [0, 0.05) is 7.05 Å². The Bertz CT molecular complexity index is 202. The molecule has 0 aromatic rings. The molecular weight excluding hydrogens is 136 g/mol. The van der Waals surface area contributed by atoms with Gasteiger partial charge in [0.2, 0.25) is 0 Å². The standard InChI is InChI=1S/C9H14N2/c1-3-11-9(10-2)8-6-4-5-7-8/h3,6H,1,4-5,7H2,2H3,(H,10,11). The molecule has 0 bridgehead atoms. The predicted molar refractivity (Wildman–Crippen MR) is 48.6 cm³/mol. The summed E-state index contributed by atoms with van der Waals surface area (Å²) in [5, 5.41) is 3.02. The molecule has 0 atom stereocenters. The maximum atomic E-state index is 4.13. The summed E-state index contributed by atoms with van der Waals surface area (Å²) in [6.45, 7) is 3.60. The molecule has 0 fully saturated rings. The average Bonchev–Trinajstić information content (AvgIpc) is 2.52. The second-order valence-corrected chi connectivity index (χ2v) is 2.54. The molecule has 2 nitrogen and oxygen atoms in total. The lowest BCUT2D eigenvalue weighted by molar-refractivity contribution is 0.916. The fraction of sp³-hybridized carbons (Fsp3) is 0.444. The Balaban J connectivity index is 2.61. The molecular formula is C9H14N2. The van der Waals surface area contributed by atoms with Crippen molar-refractivity contribution in [2.45, 2.75) is 19.3 Å². The van der Waals surface area contributed by atoms with Crippen LogP contribution in [0.4, 0.5) is 0 Å². The van der Waals surface area contributed by atoms with E-state index >= 15 is 0 Å². The van der Waals surface area contributed by atoms with Crippen molar-refractivity contribution in [1.29, 1.82) is 0 Å². The summed E-state index contributed by atoms with van der Waals surface area (Å²) in [5.74, 6) is 0.970. The molecule has 0 radical (unpaired) electrons. The molecule has 60 valence electrons. The van der Waals surface area contributed by atoms with Crippen LogP contribution in [0.25, 0.3) is 0 Å². The van der Waals surface area contributed by atoms with Crippen LogP contribution in [0.5, 0.6) is 0 Å². The van der Waals surface area contributed by atoms with Gasteiger partial charge in [-0.3, -0.25) is 4.99 Å². The van der Waals surface area contributed by atoms with Gasteiger partial charge in [0.25, 0.3) is 0 Å². The smallest absolute Gasteiger partial charge is 0.127 e. The highest BCUT2D eigenvalue weighted by atomic mass is 15.0. The molecule has 1 N–H and O–H groups in total. The fourth-order valence-corrected chi connectivity index (χ4v) is 1.28. The van der Waals surface area contributed by atoms with Crippen molar-refractivity contribution in [3.8, 4) is 0 Å². The highest BCUT2D eigenvalue weighted by molar-refractivity contribution is 5.99. The first-order valence-corrected chi connectivity index (χ1v) is 3.92. The minimum absolute atomic E-state index is 0.970. The molecule has 0 unspecified atom stereocenters. The second-order valence-electron chi connectivity index (χ2n) is 2.54. The molecule has 1 aliphatic carbocycles. The summed E-state index contributed by atoms with van der Waals surface area (Å²) >= 11 is 0. The summed E-state index contributed by atoms with van der Waals surface area (Å²) in [5.41, 5.74) is 1.33. The summed E-state index contributed by atoms with van der Waals surface area (Å²) in [6.07, 6.45) is 7.49. The normalized spacial score (nSPS) is 17.9. The highest BCUT2D eigenvalue weighted by Crippen LogP contribution is 2.17. The maximum absolute atomic E-state index is 4.13. The van der Waals surface area contributed by atoms with Gasteiger partial charge in [0.05, 0.1) is 0 Å². The van der Waals surface area contributed by atoms with E-state index in [4.69, 9.17) is 0 Å². The fourth-order valence-electron chi connectivity index (χ4n) is 1.28. The van der Waals surface area contributed by atoms with Crippen LogP contribution in [0, 0.1) is 0 Å². The molecule has 11 heavy (non-hydrogen) atoms. The largest absolute Gasteiger partial charge is 0.347 e. The monoisotopic (exact) mass is 150 g/mol. The quantitative estimate of drug-likeness (QED) is 0.471. The van der Waals surface area contributed by atoms with Gasteiger partial charge in [0.15, 0.2) is 0 Å². The molecule has 0 spiro atoms. The number of hydrogen-bond donors (Lipinski definition) is 1. The van der Waals surface area contributed by atoms with Crippen molar-refractivity contribution in [1.82, 2.24) is 5.32 Å². The molecule has 0 aromatic heterocycles. The maximum Gasteiger partial charge on any atom is 0.127 e. The average molecular weight is 150 g/mol. The zero-order valence-electron chi connectivity index (χ0n) is 6.93. The molecule has 0 saturated heterocycles. The topological polar surface area (TPSA) is 24.4 Å². The molecule has 0 amide bonds. The molecule has 0 saturated carbocycles. The summed E-state index contributed by atoms with van der Waals surface area (Å²) < 4.78 is 0. The van der Waals surface area contributed by atoms with E-state index in [2.05, 4.69) is 23.0 Å². The Morgan fingerprint density at radius 3 is 3.09 bits per heavy atom. The lowest BCUT2D eigenvalue weighted by atomic mass is 10.2. The number of aliphatic imine (C=N–C) groups is 1. The third kappa shape index (κ3) is 1.93. The van der Waals surface area contributed by atoms with Crippen molar-refractivity contribution < 1.29 is 0 Å². The van der Waals surface area contributed by atoms with Gasteiger partial charge >= 0.3 is 0 Å². The number of amidine groups is 1. The van der Waals surface area contributed by atoms with E-state index in [1.165, 1.54) is 18.4 Å². The minimum Gasteiger partial charge on any atom is -0.347 e. The van der Waals surface area contributed by atoms with Crippen LogP contribution in [0.2, 0.25) is 0 Å². The van der Waals surface area contributed by atoms with E-state index in [9.17, 15) is 0 Å². The van der Waals surface area contributed by atoms with Crippen LogP contribution >= 0.6 is 0 Å². The Morgan fingerprint density at radius 2 is 2.64 bits per heavy atom. The van der Waals surface area contributed by atoms with Crippen molar-refractivity contribution in [3.63, 3.8) is 0 Å². The Kier molecular flexibility index (Phi) is 2.90. The van der Waals surface area contributed by atoms with Crippen LogP contribution in [-0.4, -0.2) is 12.9 Å². The Morgan fingerprint density at radius 1 is 1.82 bits per heavy atom. The van der Waals surface area contributed by atoms with Crippen molar-refractivity contribution >= 4 is 5.84 Å². The lowest BCUT2D eigenvalue weighted by Crippen LogP contribution is -2.18. The van der Waals surface area contributed by atoms with Crippen LogP contribution in [0.15, 0.2) is 29.4 Å². The number of rotatable bonds is 2. The molecule has 1 rings (SSSR count). The Hall–Kier alpha value is -1.05. The third-order valence-electron chi connectivity index (χ3n) is 1.81. The summed E-state index contributed by atoms with van der Waals surface area (Å²) in [7, 11) is 1.80. The number of nitrogens with zero attached hydrogens (tertiary/aromatic N) is 1. The van der Waals surface area contributed by atoms with Crippen molar-refractivity contribution in [2.75, 3.05) is 7.05 Å². The van der Waals surface area contributed by atoms with E-state index in [0.29, 0.717) is 0 Å². The zero-order chi connectivity index (χ0) is 8.10. The van der Waals surface area contributed by atoms with E-state index in [1.54, 1.807) is 13.2 Å². The number of nitrogens with one attached hydrogen (secondary N) is 1. The zero-order valence-corrected chi connectivity index (χ0v) is 6.93. The molecule has 2 heteroatoms. The first-order valence-electron chi connectivity index (χ1n) is 3.92. The third-order valence-corrected chi connectivity index (χ3v) is 1.81.